The van der Waals surface area contributed by atoms with Gasteiger partial charge in [-0.1, -0.05) is 259 Å². The van der Waals surface area contributed by atoms with E-state index in [-0.39, 0.29) is 44.0 Å². The van der Waals surface area contributed by atoms with Crippen molar-refractivity contribution in [3.8, 4) is 0 Å². The number of allylic oxidation sites excluding steroid dienone is 16. The summed E-state index contributed by atoms with van der Waals surface area (Å²) in [7, 11) is 0. The lowest BCUT2D eigenvalue weighted by Crippen LogP contribution is -2.30. The summed E-state index contributed by atoms with van der Waals surface area (Å²) in [5, 5.41) is 0. The highest BCUT2D eigenvalue weighted by Crippen LogP contribution is 2.16. The maximum Gasteiger partial charge on any atom is 0.306 e. The summed E-state index contributed by atoms with van der Waals surface area (Å²) in [5.74, 6) is -1.02. The molecular formula is C64H108O6. The minimum absolute atomic E-state index is 0.114. The Morgan fingerprint density at radius 3 is 0.929 bits per heavy atom. The molecule has 0 bridgehead atoms. The summed E-state index contributed by atoms with van der Waals surface area (Å²) in [6, 6.07) is 0. The number of carbonyl (C=O) groups is 3. The molecule has 0 aliphatic heterocycles. The molecule has 0 rings (SSSR count). The van der Waals surface area contributed by atoms with Crippen LogP contribution in [0.1, 0.15) is 271 Å². The van der Waals surface area contributed by atoms with Gasteiger partial charge in [-0.3, -0.25) is 14.4 Å². The van der Waals surface area contributed by atoms with E-state index < -0.39 is 6.10 Å². The van der Waals surface area contributed by atoms with Crippen molar-refractivity contribution < 1.29 is 28.6 Å². The molecule has 6 heteroatoms. The second-order valence-electron chi connectivity index (χ2n) is 19.2. The summed E-state index contributed by atoms with van der Waals surface area (Å²) in [4.78, 5) is 38.1. The zero-order chi connectivity index (χ0) is 50.7. The van der Waals surface area contributed by atoms with E-state index in [1.165, 1.54) is 141 Å². The Bertz CT molecular complexity index is 1400. The molecule has 1 unspecified atom stereocenters. The first-order valence-electron chi connectivity index (χ1n) is 29.2. The molecule has 0 heterocycles. The second-order valence-corrected chi connectivity index (χ2v) is 19.2. The summed E-state index contributed by atoms with van der Waals surface area (Å²) >= 11 is 0. The van der Waals surface area contributed by atoms with Gasteiger partial charge >= 0.3 is 17.9 Å². The fourth-order valence-electron chi connectivity index (χ4n) is 7.97. The molecule has 1 atom stereocenters. The summed E-state index contributed by atoms with van der Waals surface area (Å²) in [6.45, 7) is 6.45. The van der Waals surface area contributed by atoms with Crippen LogP contribution in [0.3, 0.4) is 0 Å². The molecule has 0 aromatic rings. The molecule has 6 nitrogen and oxygen atoms in total. The van der Waals surface area contributed by atoms with Gasteiger partial charge in [0.2, 0.25) is 0 Å². The van der Waals surface area contributed by atoms with Gasteiger partial charge in [-0.05, 0) is 89.9 Å². The molecular weight excluding hydrogens is 865 g/mol. The van der Waals surface area contributed by atoms with Crippen LogP contribution in [0.2, 0.25) is 0 Å². The third-order valence-electron chi connectivity index (χ3n) is 12.3. The van der Waals surface area contributed by atoms with Gasteiger partial charge in [-0.25, -0.2) is 0 Å². The van der Waals surface area contributed by atoms with Crippen LogP contribution < -0.4 is 0 Å². The largest absolute Gasteiger partial charge is 0.462 e. The van der Waals surface area contributed by atoms with Crippen molar-refractivity contribution in [1.29, 1.82) is 0 Å². The maximum atomic E-state index is 12.8. The van der Waals surface area contributed by atoms with Crippen molar-refractivity contribution >= 4 is 17.9 Å². The van der Waals surface area contributed by atoms with E-state index in [4.69, 9.17) is 14.2 Å². The van der Waals surface area contributed by atoms with Crippen molar-refractivity contribution in [2.24, 2.45) is 0 Å². The summed E-state index contributed by atoms with van der Waals surface area (Å²) in [6.07, 6.45) is 77.0. The molecule has 0 amide bonds. The zero-order valence-electron chi connectivity index (χ0n) is 45.8. The first-order valence-corrected chi connectivity index (χ1v) is 29.2. The second kappa shape index (κ2) is 57.9. The number of hydrogen-bond donors (Lipinski definition) is 0. The van der Waals surface area contributed by atoms with Crippen LogP contribution in [0.15, 0.2) is 97.2 Å². The van der Waals surface area contributed by atoms with Crippen LogP contribution in [0, 0.1) is 0 Å². The fourth-order valence-corrected chi connectivity index (χ4v) is 7.97. The highest BCUT2D eigenvalue weighted by atomic mass is 16.6. The number of hydrogen-bond acceptors (Lipinski definition) is 6. The maximum absolute atomic E-state index is 12.8. The predicted molar refractivity (Wildman–Crippen MR) is 302 cm³/mol. The lowest BCUT2D eigenvalue weighted by Gasteiger charge is -2.18. The average Bonchev–Trinajstić information content (AvgIpc) is 3.36. The quantitative estimate of drug-likeness (QED) is 0.0262. The van der Waals surface area contributed by atoms with Gasteiger partial charge in [0.1, 0.15) is 13.2 Å². The van der Waals surface area contributed by atoms with E-state index in [9.17, 15) is 14.4 Å². The molecule has 0 aromatic carbocycles. The van der Waals surface area contributed by atoms with E-state index in [1.54, 1.807) is 0 Å². The average molecular weight is 974 g/mol. The molecule has 0 radical (unpaired) electrons. The predicted octanol–water partition coefficient (Wildman–Crippen LogP) is 19.7. The van der Waals surface area contributed by atoms with Crippen molar-refractivity contribution in [1.82, 2.24) is 0 Å². The van der Waals surface area contributed by atoms with Crippen molar-refractivity contribution in [3.05, 3.63) is 97.2 Å². The lowest BCUT2D eigenvalue weighted by molar-refractivity contribution is -0.167. The fraction of sp³-hybridized carbons (Fsp3) is 0.703. The zero-order valence-corrected chi connectivity index (χ0v) is 45.8. The van der Waals surface area contributed by atoms with E-state index >= 15 is 0 Å². The summed E-state index contributed by atoms with van der Waals surface area (Å²) < 4.78 is 16.8. The summed E-state index contributed by atoms with van der Waals surface area (Å²) in [5.41, 5.74) is 0. The van der Waals surface area contributed by atoms with E-state index in [1.807, 2.05) is 0 Å². The highest BCUT2D eigenvalue weighted by Gasteiger charge is 2.19. The standard InChI is InChI=1S/C64H108O6/c1-4-7-10-13-16-19-22-25-28-31-34-36-39-42-45-48-51-54-57-63(66)69-60-61(70-64(67)58-55-52-49-46-43-40-37-33-30-27-24-21-18-15-12-9-6-3)59-68-62(65)56-53-50-47-44-41-38-35-32-29-26-23-20-17-14-11-8-5-2/h9,12,18,21,26-27,29-30,35,37-38,40,44,46-47,49,61H,4-8,10-11,13-17,19-20,22-25,28,31-34,36,39,41-43,45,48,50-60H2,1-3H3/b12-9-,21-18-,29-26-,30-27-,38-35-,40-37-,47-44-,49-46-. The van der Waals surface area contributed by atoms with Crippen molar-refractivity contribution in [3.63, 3.8) is 0 Å². The van der Waals surface area contributed by atoms with E-state index in [0.29, 0.717) is 19.3 Å². The number of esters is 3. The van der Waals surface area contributed by atoms with Crippen LogP contribution in [0.5, 0.6) is 0 Å². The van der Waals surface area contributed by atoms with Crippen molar-refractivity contribution in [2.75, 3.05) is 13.2 Å². The Hall–Kier alpha value is -3.67. The van der Waals surface area contributed by atoms with E-state index in [0.717, 1.165) is 77.0 Å². The monoisotopic (exact) mass is 973 g/mol. The van der Waals surface area contributed by atoms with Crippen LogP contribution in [-0.4, -0.2) is 37.2 Å². The van der Waals surface area contributed by atoms with Gasteiger partial charge in [0, 0.05) is 19.3 Å². The van der Waals surface area contributed by atoms with Gasteiger partial charge in [0.15, 0.2) is 6.10 Å². The molecule has 400 valence electrons. The molecule has 0 saturated heterocycles. The topological polar surface area (TPSA) is 78.9 Å². The number of carbonyl (C=O) groups excluding carboxylic acids is 3. The number of ether oxygens (including phenoxy) is 3. The molecule has 0 aromatic heterocycles. The minimum atomic E-state index is -0.827. The Morgan fingerprint density at radius 2 is 0.571 bits per heavy atom. The lowest BCUT2D eigenvalue weighted by atomic mass is 10.0. The Morgan fingerprint density at radius 1 is 0.300 bits per heavy atom. The molecule has 0 spiro atoms. The smallest absolute Gasteiger partial charge is 0.306 e. The van der Waals surface area contributed by atoms with Gasteiger partial charge in [-0.15, -0.1) is 0 Å². The van der Waals surface area contributed by atoms with Gasteiger partial charge in [0.05, 0.1) is 0 Å². The SMILES string of the molecule is CC/C=C\C/C=C\C/C=C\C/C=C\C/C=C\CCCC(=O)OC(COC(=O)CCC/C=C\C/C=C\C/C=C\CCCCCCCC)COC(=O)CCCCCCCCCCCCCCCCCCCC. The molecule has 0 fully saturated rings. The van der Waals surface area contributed by atoms with Gasteiger partial charge in [-0.2, -0.15) is 0 Å². The Kier molecular flexibility index (Phi) is 54.9. The van der Waals surface area contributed by atoms with Gasteiger partial charge in [0.25, 0.3) is 0 Å². The highest BCUT2D eigenvalue weighted by molar-refractivity contribution is 5.71. The molecule has 0 aliphatic rings. The molecule has 0 saturated carbocycles. The van der Waals surface area contributed by atoms with Crippen molar-refractivity contribution in [2.45, 2.75) is 277 Å². The van der Waals surface area contributed by atoms with E-state index in [2.05, 4.69) is 118 Å². The Balaban J connectivity index is 4.52. The van der Waals surface area contributed by atoms with Crippen LogP contribution in [0.25, 0.3) is 0 Å². The Labute approximate surface area is 432 Å². The minimum Gasteiger partial charge on any atom is -0.462 e. The number of rotatable bonds is 52. The van der Waals surface area contributed by atoms with Crippen LogP contribution in [-0.2, 0) is 28.6 Å². The first-order chi connectivity index (χ1) is 34.5. The van der Waals surface area contributed by atoms with Gasteiger partial charge < -0.3 is 14.2 Å². The third-order valence-corrected chi connectivity index (χ3v) is 12.3. The molecule has 0 aliphatic carbocycles. The first kappa shape index (κ1) is 66.3. The number of unbranched alkanes of at least 4 members (excludes halogenated alkanes) is 25. The molecule has 70 heavy (non-hydrogen) atoms. The third kappa shape index (κ3) is 55.3. The normalized spacial score (nSPS) is 12.8. The molecule has 0 N–H and O–H groups in total. The van der Waals surface area contributed by atoms with Crippen LogP contribution in [0.4, 0.5) is 0 Å². The van der Waals surface area contributed by atoms with Crippen LogP contribution >= 0.6 is 0 Å².